The summed E-state index contributed by atoms with van der Waals surface area (Å²) in [7, 11) is 1.63. The van der Waals surface area contributed by atoms with E-state index < -0.39 is 0 Å². The van der Waals surface area contributed by atoms with Crippen LogP contribution >= 0.6 is 0 Å². The van der Waals surface area contributed by atoms with E-state index >= 15 is 0 Å². The Morgan fingerprint density at radius 1 is 0.973 bits per heavy atom. The molecule has 37 heavy (non-hydrogen) atoms. The lowest BCUT2D eigenvalue weighted by molar-refractivity contribution is -0.122. The monoisotopic (exact) mass is 497 g/mol. The molecule has 0 aliphatic carbocycles. The number of amides is 2. The molecule has 0 aliphatic rings. The highest BCUT2D eigenvalue weighted by Gasteiger charge is 2.17. The van der Waals surface area contributed by atoms with Crippen molar-refractivity contribution in [3.05, 3.63) is 101 Å². The molecule has 0 spiro atoms. The molecule has 1 heterocycles. The number of nitrogens with one attached hydrogen (secondary N) is 2. The maximum absolute atomic E-state index is 12.6. The Hall–Kier alpha value is -4.39. The van der Waals surface area contributed by atoms with E-state index in [1.54, 1.807) is 7.11 Å². The number of rotatable bonds is 10. The topological polar surface area (TPSA) is 93.5 Å². The van der Waals surface area contributed by atoms with Crippen molar-refractivity contribution >= 4 is 17.5 Å². The number of aryl methyl sites for hydroxylation is 2. The summed E-state index contributed by atoms with van der Waals surface area (Å²) < 4.78 is 11.0. The van der Waals surface area contributed by atoms with Crippen LogP contribution in [0.1, 0.15) is 41.8 Å². The Labute approximate surface area is 216 Å². The minimum Gasteiger partial charge on any atom is -0.497 e. The Bertz CT molecular complexity index is 1330. The second kappa shape index (κ2) is 12.0. The van der Waals surface area contributed by atoms with Crippen LogP contribution in [0.4, 0.5) is 5.69 Å². The first-order valence-electron chi connectivity index (χ1n) is 12.2. The fourth-order valence-electron chi connectivity index (χ4n) is 3.90. The number of carbonyl (C=O) groups is 2. The standard InChI is InChI=1S/C30H31N3O4/c1-20(23-7-5-4-6-8-23)29(35)31-19-27-21(2)37-30(33-27)24-12-14-25(15-13-24)32-28(34)18-11-22-9-16-26(36-3)17-10-22/h4-10,12-17,20H,11,18-19H2,1-3H3,(H,31,35)(H,32,34)/t20-/m1/s1. The molecular formula is C30H31N3O4. The maximum atomic E-state index is 12.6. The molecule has 1 atom stereocenters. The van der Waals surface area contributed by atoms with Gasteiger partial charge in [0.05, 0.1) is 19.6 Å². The van der Waals surface area contributed by atoms with Gasteiger partial charge in [0.2, 0.25) is 17.7 Å². The molecule has 0 radical (unpaired) electrons. The molecular weight excluding hydrogens is 466 g/mol. The fraction of sp³-hybridized carbons (Fsp3) is 0.233. The molecule has 0 saturated carbocycles. The number of ether oxygens (including phenoxy) is 1. The SMILES string of the molecule is COc1ccc(CCC(=O)Nc2ccc(-c3nc(CNC(=O)[C@H](C)c4ccccc4)c(C)o3)cc2)cc1. The van der Waals surface area contributed by atoms with Gasteiger partial charge in [-0.05, 0) is 67.8 Å². The molecule has 0 saturated heterocycles. The van der Waals surface area contributed by atoms with E-state index in [1.807, 2.05) is 92.7 Å². The molecule has 4 rings (SSSR count). The van der Waals surface area contributed by atoms with Crippen molar-refractivity contribution in [3.8, 4) is 17.2 Å². The van der Waals surface area contributed by atoms with Crippen LogP contribution in [0.2, 0.25) is 0 Å². The van der Waals surface area contributed by atoms with Crippen LogP contribution in [0, 0.1) is 6.92 Å². The van der Waals surface area contributed by atoms with Gasteiger partial charge in [-0.15, -0.1) is 0 Å². The van der Waals surface area contributed by atoms with Gasteiger partial charge in [0.25, 0.3) is 0 Å². The second-order valence-electron chi connectivity index (χ2n) is 8.85. The zero-order valence-corrected chi connectivity index (χ0v) is 21.3. The van der Waals surface area contributed by atoms with E-state index in [9.17, 15) is 9.59 Å². The first-order valence-corrected chi connectivity index (χ1v) is 12.2. The molecule has 1 aromatic heterocycles. The number of oxazole rings is 1. The Morgan fingerprint density at radius 2 is 1.68 bits per heavy atom. The highest BCUT2D eigenvalue weighted by atomic mass is 16.5. The van der Waals surface area contributed by atoms with Crippen molar-refractivity contribution in [1.82, 2.24) is 10.3 Å². The number of hydrogen-bond acceptors (Lipinski definition) is 5. The van der Waals surface area contributed by atoms with Crippen molar-refractivity contribution in [2.75, 3.05) is 12.4 Å². The minimum absolute atomic E-state index is 0.0571. The Balaban J connectivity index is 1.30. The highest BCUT2D eigenvalue weighted by molar-refractivity contribution is 5.91. The van der Waals surface area contributed by atoms with Crippen molar-refractivity contribution in [3.63, 3.8) is 0 Å². The summed E-state index contributed by atoms with van der Waals surface area (Å²) in [5.41, 5.74) is 4.21. The maximum Gasteiger partial charge on any atom is 0.227 e. The van der Waals surface area contributed by atoms with Crippen molar-refractivity contribution in [1.29, 1.82) is 0 Å². The molecule has 7 nitrogen and oxygen atoms in total. The molecule has 2 N–H and O–H groups in total. The van der Waals surface area contributed by atoms with Gasteiger partial charge in [0.1, 0.15) is 17.2 Å². The molecule has 2 amide bonds. The first kappa shape index (κ1) is 25.7. The number of benzene rings is 3. The fourth-order valence-corrected chi connectivity index (χ4v) is 3.90. The van der Waals surface area contributed by atoms with Crippen molar-refractivity contribution in [2.24, 2.45) is 0 Å². The zero-order valence-electron chi connectivity index (χ0n) is 21.3. The quantitative estimate of drug-likeness (QED) is 0.295. The number of aromatic nitrogens is 1. The summed E-state index contributed by atoms with van der Waals surface area (Å²) in [6, 6.07) is 24.7. The average molecular weight is 498 g/mol. The lowest BCUT2D eigenvalue weighted by atomic mass is 10.0. The predicted molar refractivity (Wildman–Crippen MR) is 143 cm³/mol. The van der Waals surface area contributed by atoms with Crippen LogP contribution in [0.5, 0.6) is 5.75 Å². The largest absolute Gasteiger partial charge is 0.497 e. The molecule has 3 aromatic carbocycles. The van der Waals surface area contributed by atoms with Gasteiger partial charge in [0.15, 0.2) is 0 Å². The molecule has 0 unspecified atom stereocenters. The van der Waals surface area contributed by atoms with Crippen LogP contribution in [0.15, 0.2) is 83.3 Å². The van der Waals surface area contributed by atoms with Crippen molar-refractivity contribution < 1.29 is 18.7 Å². The van der Waals surface area contributed by atoms with Crippen LogP contribution in [-0.4, -0.2) is 23.9 Å². The van der Waals surface area contributed by atoms with Gasteiger partial charge in [-0.1, -0.05) is 42.5 Å². The summed E-state index contributed by atoms with van der Waals surface area (Å²) in [5.74, 6) is 1.53. The van der Waals surface area contributed by atoms with E-state index in [0.717, 1.165) is 22.4 Å². The van der Waals surface area contributed by atoms with Gasteiger partial charge in [-0.2, -0.15) is 0 Å². The van der Waals surface area contributed by atoms with Gasteiger partial charge in [-0.3, -0.25) is 9.59 Å². The normalized spacial score (nSPS) is 11.5. The van der Waals surface area contributed by atoms with Gasteiger partial charge >= 0.3 is 0 Å². The van der Waals surface area contributed by atoms with Crippen LogP contribution in [0.3, 0.4) is 0 Å². The van der Waals surface area contributed by atoms with E-state index in [-0.39, 0.29) is 24.3 Å². The first-order chi connectivity index (χ1) is 17.9. The average Bonchev–Trinajstić information content (AvgIpc) is 3.31. The van der Waals surface area contributed by atoms with Crippen LogP contribution in [0.25, 0.3) is 11.5 Å². The minimum atomic E-state index is -0.258. The number of carbonyl (C=O) groups excluding carboxylic acids is 2. The molecule has 190 valence electrons. The van der Waals surface area contributed by atoms with E-state index in [2.05, 4.69) is 15.6 Å². The number of hydrogen-bond donors (Lipinski definition) is 2. The smallest absolute Gasteiger partial charge is 0.227 e. The summed E-state index contributed by atoms with van der Waals surface area (Å²) >= 11 is 0. The van der Waals surface area contributed by atoms with Crippen LogP contribution < -0.4 is 15.4 Å². The summed E-state index contributed by atoms with van der Waals surface area (Å²) in [5, 5.41) is 5.87. The summed E-state index contributed by atoms with van der Waals surface area (Å²) in [6.07, 6.45) is 1.03. The predicted octanol–water partition coefficient (Wildman–Crippen LogP) is 5.65. The lowest BCUT2D eigenvalue weighted by Gasteiger charge is -2.11. The van der Waals surface area contributed by atoms with Gasteiger partial charge in [0, 0.05) is 17.7 Å². The van der Waals surface area contributed by atoms with E-state index in [1.165, 1.54) is 0 Å². The Morgan fingerprint density at radius 3 is 2.35 bits per heavy atom. The number of anilines is 1. The second-order valence-corrected chi connectivity index (χ2v) is 8.85. The number of nitrogens with zero attached hydrogens (tertiary/aromatic N) is 1. The third-order valence-corrected chi connectivity index (χ3v) is 6.23. The number of methoxy groups -OCH3 is 1. The molecule has 0 aliphatic heterocycles. The third-order valence-electron chi connectivity index (χ3n) is 6.23. The van der Waals surface area contributed by atoms with Crippen molar-refractivity contribution in [2.45, 2.75) is 39.2 Å². The molecule has 7 heteroatoms. The third kappa shape index (κ3) is 6.85. The van der Waals surface area contributed by atoms with E-state index in [4.69, 9.17) is 9.15 Å². The van der Waals surface area contributed by atoms with Crippen LogP contribution in [-0.2, 0) is 22.6 Å². The van der Waals surface area contributed by atoms with E-state index in [0.29, 0.717) is 35.9 Å². The molecule has 4 aromatic rings. The summed E-state index contributed by atoms with van der Waals surface area (Å²) in [6.45, 7) is 3.99. The highest BCUT2D eigenvalue weighted by Crippen LogP contribution is 2.24. The summed E-state index contributed by atoms with van der Waals surface area (Å²) in [4.78, 5) is 29.5. The molecule has 0 fully saturated rings. The van der Waals surface area contributed by atoms with Gasteiger partial charge < -0.3 is 19.8 Å². The van der Waals surface area contributed by atoms with Gasteiger partial charge in [-0.25, -0.2) is 4.98 Å². The zero-order chi connectivity index (χ0) is 26.2. The lowest BCUT2D eigenvalue weighted by Crippen LogP contribution is -2.27. The Kier molecular flexibility index (Phi) is 8.36. The molecule has 0 bridgehead atoms.